The van der Waals surface area contributed by atoms with Gasteiger partial charge in [0.05, 0.1) is 0 Å². The molecule has 2 unspecified atom stereocenters. The summed E-state index contributed by atoms with van der Waals surface area (Å²) in [6.07, 6.45) is 4.54. The predicted octanol–water partition coefficient (Wildman–Crippen LogP) is 1.79. The highest BCUT2D eigenvalue weighted by molar-refractivity contribution is 7.84. The molecule has 0 aliphatic heterocycles. The van der Waals surface area contributed by atoms with Gasteiger partial charge in [-0.1, -0.05) is 6.92 Å². The van der Waals surface area contributed by atoms with Gasteiger partial charge in [-0.2, -0.15) is 4.98 Å². The highest BCUT2D eigenvalue weighted by atomic mass is 32.2. The highest BCUT2D eigenvalue weighted by Gasteiger charge is 2.08. The summed E-state index contributed by atoms with van der Waals surface area (Å²) in [5.41, 5.74) is 0.991. The van der Waals surface area contributed by atoms with Gasteiger partial charge in [0.1, 0.15) is 5.82 Å². The van der Waals surface area contributed by atoms with Crippen LogP contribution < -0.4 is 10.6 Å². The molecule has 102 valence electrons. The first kappa shape index (κ1) is 14.9. The Balaban J connectivity index is 2.71. The molecule has 0 aromatic carbocycles. The molecule has 0 saturated heterocycles. The van der Waals surface area contributed by atoms with Crippen LogP contribution in [0.4, 0.5) is 11.8 Å². The van der Waals surface area contributed by atoms with Gasteiger partial charge in [0.2, 0.25) is 5.95 Å². The van der Waals surface area contributed by atoms with Crippen molar-refractivity contribution in [2.45, 2.75) is 33.2 Å². The first-order valence-corrected chi connectivity index (χ1v) is 7.89. The Kier molecular flexibility index (Phi) is 6.04. The van der Waals surface area contributed by atoms with Crippen molar-refractivity contribution in [3.05, 3.63) is 11.8 Å². The average molecular weight is 270 g/mol. The topological polar surface area (TPSA) is 66.9 Å². The summed E-state index contributed by atoms with van der Waals surface area (Å²) in [6, 6.07) is 0.128. The number of rotatable bonds is 7. The van der Waals surface area contributed by atoms with E-state index in [0.29, 0.717) is 11.7 Å². The fraction of sp³-hybridized carbons (Fsp3) is 0.667. The fourth-order valence-electron chi connectivity index (χ4n) is 1.54. The monoisotopic (exact) mass is 270 g/mol. The molecule has 0 saturated carbocycles. The van der Waals surface area contributed by atoms with E-state index in [-0.39, 0.29) is 6.04 Å². The van der Waals surface area contributed by atoms with Gasteiger partial charge >= 0.3 is 0 Å². The SMILES string of the molecule is CCCNc1ncc(C)c(NC(C)CS(C)=O)n1. The van der Waals surface area contributed by atoms with Gasteiger partial charge in [-0.3, -0.25) is 4.21 Å². The van der Waals surface area contributed by atoms with Crippen LogP contribution in [-0.2, 0) is 10.8 Å². The minimum atomic E-state index is -0.808. The van der Waals surface area contributed by atoms with Crippen LogP contribution >= 0.6 is 0 Å². The van der Waals surface area contributed by atoms with E-state index >= 15 is 0 Å². The van der Waals surface area contributed by atoms with E-state index in [2.05, 4.69) is 27.5 Å². The molecule has 0 aliphatic carbocycles. The number of nitrogens with one attached hydrogen (secondary N) is 2. The third-order valence-electron chi connectivity index (χ3n) is 2.37. The number of hydrogen-bond acceptors (Lipinski definition) is 5. The van der Waals surface area contributed by atoms with Crippen molar-refractivity contribution in [1.29, 1.82) is 0 Å². The Morgan fingerprint density at radius 3 is 2.83 bits per heavy atom. The first-order valence-electron chi connectivity index (χ1n) is 6.17. The zero-order chi connectivity index (χ0) is 13.5. The fourth-order valence-corrected chi connectivity index (χ4v) is 2.32. The minimum absolute atomic E-state index is 0.128. The van der Waals surface area contributed by atoms with E-state index in [9.17, 15) is 4.21 Å². The number of anilines is 2. The molecule has 5 nitrogen and oxygen atoms in total. The highest BCUT2D eigenvalue weighted by Crippen LogP contribution is 2.13. The van der Waals surface area contributed by atoms with Crippen LogP contribution in [0.25, 0.3) is 0 Å². The number of aromatic nitrogens is 2. The molecule has 1 heterocycles. The maximum atomic E-state index is 11.2. The van der Waals surface area contributed by atoms with E-state index in [1.54, 1.807) is 12.5 Å². The Hall–Kier alpha value is -1.17. The van der Waals surface area contributed by atoms with Gasteiger partial charge in [0.15, 0.2) is 0 Å². The normalized spacial score (nSPS) is 14.0. The molecular formula is C12H22N4OS. The Bertz CT molecular complexity index is 411. The molecule has 0 spiro atoms. The van der Waals surface area contributed by atoms with Gasteiger partial charge in [-0.25, -0.2) is 4.98 Å². The number of nitrogens with zero attached hydrogens (tertiary/aromatic N) is 2. The lowest BCUT2D eigenvalue weighted by Crippen LogP contribution is -2.23. The second-order valence-corrected chi connectivity index (χ2v) is 5.92. The lowest BCUT2D eigenvalue weighted by atomic mass is 10.3. The lowest BCUT2D eigenvalue weighted by Gasteiger charge is -2.15. The third kappa shape index (κ3) is 5.00. The van der Waals surface area contributed by atoms with Crippen LogP contribution in [0, 0.1) is 6.92 Å². The van der Waals surface area contributed by atoms with Crippen LogP contribution in [0.15, 0.2) is 6.20 Å². The Morgan fingerprint density at radius 2 is 2.22 bits per heavy atom. The van der Waals surface area contributed by atoms with Crippen LogP contribution in [0.5, 0.6) is 0 Å². The van der Waals surface area contributed by atoms with Crippen molar-refractivity contribution in [3.8, 4) is 0 Å². The second kappa shape index (κ2) is 7.31. The molecule has 0 fully saturated rings. The van der Waals surface area contributed by atoms with Crippen LogP contribution in [0.3, 0.4) is 0 Å². The summed E-state index contributed by atoms with van der Waals surface area (Å²) < 4.78 is 11.2. The summed E-state index contributed by atoms with van der Waals surface area (Å²) in [5.74, 6) is 2.05. The van der Waals surface area contributed by atoms with Crippen LogP contribution in [0.2, 0.25) is 0 Å². The zero-order valence-electron chi connectivity index (χ0n) is 11.5. The van der Waals surface area contributed by atoms with Crippen molar-refractivity contribution in [1.82, 2.24) is 9.97 Å². The van der Waals surface area contributed by atoms with Crippen molar-refractivity contribution in [2.75, 3.05) is 29.2 Å². The van der Waals surface area contributed by atoms with Gasteiger partial charge in [0.25, 0.3) is 0 Å². The van der Waals surface area contributed by atoms with Crippen molar-refractivity contribution in [3.63, 3.8) is 0 Å². The molecule has 1 aromatic rings. The first-order chi connectivity index (χ1) is 8.52. The van der Waals surface area contributed by atoms with Gasteiger partial charge < -0.3 is 10.6 Å². The van der Waals surface area contributed by atoms with Gasteiger partial charge in [-0.05, 0) is 20.3 Å². The van der Waals surface area contributed by atoms with E-state index in [1.165, 1.54) is 0 Å². The molecule has 6 heteroatoms. The summed E-state index contributed by atoms with van der Waals surface area (Å²) in [4.78, 5) is 8.65. The minimum Gasteiger partial charge on any atom is -0.366 e. The second-order valence-electron chi connectivity index (χ2n) is 4.44. The molecule has 0 aliphatic rings. The smallest absolute Gasteiger partial charge is 0.224 e. The predicted molar refractivity (Wildman–Crippen MR) is 77.6 cm³/mol. The van der Waals surface area contributed by atoms with E-state index < -0.39 is 10.8 Å². The summed E-state index contributed by atoms with van der Waals surface area (Å²) in [7, 11) is -0.808. The molecule has 0 radical (unpaired) electrons. The molecule has 0 bridgehead atoms. The standard InChI is InChI=1S/C12H22N4OS/c1-5-6-13-12-14-7-9(2)11(16-12)15-10(3)8-18(4)17/h7,10H,5-6,8H2,1-4H3,(H2,13,14,15,16). The van der Waals surface area contributed by atoms with E-state index in [1.807, 2.05) is 13.8 Å². The molecule has 1 rings (SSSR count). The van der Waals surface area contributed by atoms with Crippen molar-refractivity contribution < 1.29 is 4.21 Å². The quantitative estimate of drug-likeness (QED) is 0.790. The van der Waals surface area contributed by atoms with E-state index in [0.717, 1.165) is 24.3 Å². The molecular weight excluding hydrogens is 248 g/mol. The lowest BCUT2D eigenvalue weighted by molar-refractivity contribution is 0.682. The summed E-state index contributed by atoms with van der Waals surface area (Å²) >= 11 is 0. The van der Waals surface area contributed by atoms with Crippen LogP contribution in [0.1, 0.15) is 25.8 Å². The molecule has 18 heavy (non-hydrogen) atoms. The third-order valence-corrected chi connectivity index (χ3v) is 3.34. The maximum absolute atomic E-state index is 11.2. The number of aryl methyl sites for hydroxylation is 1. The van der Waals surface area contributed by atoms with Gasteiger partial charge in [0, 0.05) is 47.2 Å². The average Bonchev–Trinajstić information content (AvgIpc) is 2.29. The van der Waals surface area contributed by atoms with Crippen LogP contribution in [-0.4, -0.2) is 38.8 Å². The molecule has 0 amide bonds. The summed E-state index contributed by atoms with van der Waals surface area (Å²) in [6.45, 7) is 6.92. The Morgan fingerprint density at radius 1 is 1.50 bits per heavy atom. The van der Waals surface area contributed by atoms with Gasteiger partial charge in [-0.15, -0.1) is 0 Å². The molecule has 2 N–H and O–H groups in total. The summed E-state index contributed by atoms with van der Waals surface area (Å²) in [5, 5.41) is 6.43. The largest absolute Gasteiger partial charge is 0.366 e. The number of hydrogen-bond donors (Lipinski definition) is 2. The van der Waals surface area contributed by atoms with Crippen molar-refractivity contribution in [2.24, 2.45) is 0 Å². The van der Waals surface area contributed by atoms with E-state index in [4.69, 9.17) is 0 Å². The molecule has 1 aromatic heterocycles. The molecule has 2 atom stereocenters. The zero-order valence-corrected chi connectivity index (χ0v) is 12.3. The Labute approximate surface area is 111 Å². The maximum Gasteiger partial charge on any atom is 0.224 e. The van der Waals surface area contributed by atoms with Crippen molar-refractivity contribution >= 4 is 22.6 Å².